The van der Waals surface area contributed by atoms with Crippen LogP contribution in [0.15, 0.2) is 72.2 Å². The minimum Gasteiger partial charge on any atom is -0.279 e. The molecule has 0 N–H and O–H groups in total. The van der Waals surface area contributed by atoms with Gasteiger partial charge in [0, 0.05) is 11.6 Å². The van der Waals surface area contributed by atoms with E-state index in [9.17, 15) is 4.79 Å². The predicted molar refractivity (Wildman–Crippen MR) is 88.0 cm³/mol. The lowest BCUT2D eigenvalue weighted by Gasteiger charge is -2.46. The topological polar surface area (TPSA) is 33.2 Å². The van der Waals surface area contributed by atoms with Crippen molar-refractivity contribution in [3.63, 3.8) is 0 Å². The second-order valence-electron chi connectivity index (χ2n) is 5.27. The maximum Gasteiger partial charge on any atom is 0.239 e. The van der Waals surface area contributed by atoms with Crippen molar-refractivity contribution < 1.29 is 4.79 Å². The van der Waals surface area contributed by atoms with Crippen molar-refractivity contribution in [3.8, 4) is 0 Å². The summed E-state index contributed by atoms with van der Waals surface area (Å²) in [5.74, 6) is -0.0116. The quantitative estimate of drug-likeness (QED) is 0.685. The molecule has 4 rings (SSSR count). The standard InChI is InChI=1S/C18H14N2OS/c21-17-15(13-7-3-1-4-8-13)16(14-9-5-2-6-10-14)20(17)18-19-11-12-22-18/h1-12,15-16H. The third-order valence-electron chi connectivity index (χ3n) is 4.02. The van der Waals surface area contributed by atoms with Crippen molar-refractivity contribution in [1.29, 1.82) is 0 Å². The molecule has 2 atom stereocenters. The summed E-state index contributed by atoms with van der Waals surface area (Å²) in [6.45, 7) is 0. The fraction of sp³-hybridized carbons (Fsp3) is 0.111. The second-order valence-corrected chi connectivity index (χ2v) is 6.14. The molecule has 2 heterocycles. The van der Waals surface area contributed by atoms with E-state index < -0.39 is 0 Å². The Kier molecular flexibility index (Phi) is 3.24. The molecule has 2 unspecified atom stereocenters. The molecule has 1 aliphatic heterocycles. The fourth-order valence-corrected chi connectivity index (χ4v) is 3.70. The highest BCUT2D eigenvalue weighted by atomic mass is 32.1. The Balaban J connectivity index is 1.78. The van der Waals surface area contributed by atoms with E-state index in [4.69, 9.17) is 0 Å². The molecule has 0 spiro atoms. The van der Waals surface area contributed by atoms with Crippen molar-refractivity contribution in [3.05, 3.63) is 83.4 Å². The largest absolute Gasteiger partial charge is 0.279 e. The van der Waals surface area contributed by atoms with Crippen LogP contribution in [0.1, 0.15) is 23.1 Å². The van der Waals surface area contributed by atoms with Crippen LogP contribution in [0.2, 0.25) is 0 Å². The zero-order valence-electron chi connectivity index (χ0n) is 11.8. The van der Waals surface area contributed by atoms with Gasteiger partial charge in [-0.05, 0) is 11.1 Å². The zero-order chi connectivity index (χ0) is 14.9. The van der Waals surface area contributed by atoms with E-state index >= 15 is 0 Å². The molecule has 22 heavy (non-hydrogen) atoms. The van der Waals surface area contributed by atoms with Gasteiger partial charge in [0.15, 0.2) is 5.13 Å². The molecule has 1 aliphatic rings. The average Bonchev–Trinajstić information content (AvgIpc) is 3.08. The molecule has 0 aliphatic carbocycles. The van der Waals surface area contributed by atoms with Gasteiger partial charge in [0.05, 0.1) is 12.0 Å². The predicted octanol–water partition coefficient (Wildman–Crippen LogP) is 4.01. The van der Waals surface area contributed by atoms with Crippen LogP contribution in [-0.2, 0) is 4.79 Å². The maximum atomic E-state index is 12.7. The van der Waals surface area contributed by atoms with Crippen LogP contribution in [0, 0.1) is 0 Å². The molecule has 3 aromatic rings. The van der Waals surface area contributed by atoms with Crippen LogP contribution < -0.4 is 4.90 Å². The van der Waals surface area contributed by atoms with E-state index in [2.05, 4.69) is 17.1 Å². The summed E-state index contributed by atoms with van der Waals surface area (Å²) in [7, 11) is 0. The number of amides is 1. The highest BCUT2D eigenvalue weighted by molar-refractivity contribution is 7.13. The number of aromatic nitrogens is 1. The third-order valence-corrected chi connectivity index (χ3v) is 4.79. The molecule has 1 amide bonds. The Bertz CT molecular complexity index is 771. The van der Waals surface area contributed by atoms with Crippen molar-refractivity contribution in [2.24, 2.45) is 0 Å². The van der Waals surface area contributed by atoms with Gasteiger partial charge in [-0.2, -0.15) is 0 Å². The first kappa shape index (κ1) is 13.2. The minimum absolute atomic E-state index is 0.0160. The van der Waals surface area contributed by atoms with Gasteiger partial charge in [0.2, 0.25) is 5.91 Å². The number of rotatable bonds is 3. The Labute approximate surface area is 132 Å². The summed E-state index contributed by atoms with van der Waals surface area (Å²) in [5, 5.41) is 2.67. The smallest absolute Gasteiger partial charge is 0.239 e. The lowest BCUT2D eigenvalue weighted by molar-refractivity contribution is -0.126. The first-order valence-electron chi connectivity index (χ1n) is 7.19. The van der Waals surface area contributed by atoms with Crippen LogP contribution >= 0.6 is 11.3 Å². The number of hydrogen-bond acceptors (Lipinski definition) is 3. The monoisotopic (exact) mass is 306 g/mol. The molecule has 2 aromatic carbocycles. The van der Waals surface area contributed by atoms with Crippen LogP contribution in [-0.4, -0.2) is 10.9 Å². The van der Waals surface area contributed by atoms with Gasteiger partial charge in [-0.1, -0.05) is 60.7 Å². The lowest BCUT2D eigenvalue weighted by Crippen LogP contribution is -2.53. The van der Waals surface area contributed by atoms with E-state index in [0.717, 1.165) is 16.3 Å². The Hall–Kier alpha value is -2.46. The normalized spacial score (nSPS) is 20.7. The molecule has 4 heteroatoms. The number of benzene rings is 2. The average molecular weight is 306 g/mol. The number of carbonyl (C=O) groups is 1. The highest BCUT2D eigenvalue weighted by Gasteiger charge is 2.50. The maximum absolute atomic E-state index is 12.7. The number of nitrogens with zero attached hydrogens (tertiary/aromatic N) is 2. The molecule has 108 valence electrons. The van der Waals surface area contributed by atoms with Gasteiger partial charge in [0.1, 0.15) is 0 Å². The minimum atomic E-state index is -0.132. The van der Waals surface area contributed by atoms with Gasteiger partial charge in [-0.25, -0.2) is 4.98 Å². The second kappa shape index (κ2) is 5.39. The zero-order valence-corrected chi connectivity index (χ0v) is 12.6. The summed E-state index contributed by atoms with van der Waals surface area (Å²) in [6, 6.07) is 20.2. The van der Waals surface area contributed by atoms with Gasteiger partial charge in [0.25, 0.3) is 0 Å². The van der Waals surface area contributed by atoms with Gasteiger partial charge >= 0.3 is 0 Å². The summed E-state index contributed by atoms with van der Waals surface area (Å²) in [5.41, 5.74) is 2.21. The van der Waals surface area contributed by atoms with Gasteiger partial charge in [-0.3, -0.25) is 9.69 Å². The number of anilines is 1. The van der Waals surface area contributed by atoms with E-state index in [0.29, 0.717) is 0 Å². The molecule has 0 bridgehead atoms. The molecular weight excluding hydrogens is 292 g/mol. The SMILES string of the molecule is O=C1C(c2ccccc2)C(c2ccccc2)N1c1nccs1. The Morgan fingerprint density at radius 3 is 2.14 bits per heavy atom. The molecule has 3 nitrogen and oxygen atoms in total. The van der Waals surface area contributed by atoms with Crippen LogP contribution in [0.4, 0.5) is 5.13 Å². The van der Waals surface area contributed by atoms with Crippen LogP contribution in [0.25, 0.3) is 0 Å². The summed E-state index contributed by atoms with van der Waals surface area (Å²) >= 11 is 1.50. The number of β-lactam (4-membered cyclic amide) rings is 1. The number of carbonyl (C=O) groups excluding carboxylic acids is 1. The molecule has 1 aromatic heterocycles. The van der Waals surface area contributed by atoms with Crippen LogP contribution in [0.5, 0.6) is 0 Å². The van der Waals surface area contributed by atoms with Crippen molar-refractivity contribution in [1.82, 2.24) is 4.98 Å². The summed E-state index contributed by atoms with van der Waals surface area (Å²) < 4.78 is 0. The summed E-state index contributed by atoms with van der Waals surface area (Å²) in [6.07, 6.45) is 1.74. The van der Waals surface area contributed by atoms with Crippen LogP contribution in [0.3, 0.4) is 0 Å². The molecule has 1 saturated heterocycles. The fourth-order valence-electron chi connectivity index (χ4n) is 3.01. The number of hydrogen-bond donors (Lipinski definition) is 0. The van der Waals surface area contributed by atoms with E-state index in [1.165, 1.54) is 11.3 Å². The highest BCUT2D eigenvalue weighted by Crippen LogP contribution is 2.49. The molecule has 0 saturated carbocycles. The van der Waals surface area contributed by atoms with E-state index in [1.54, 1.807) is 6.20 Å². The first-order valence-corrected chi connectivity index (χ1v) is 8.06. The molecule has 0 radical (unpaired) electrons. The molecule has 1 fully saturated rings. The van der Waals surface area contributed by atoms with Gasteiger partial charge < -0.3 is 0 Å². The Morgan fingerprint density at radius 2 is 1.55 bits per heavy atom. The Morgan fingerprint density at radius 1 is 0.909 bits per heavy atom. The molecular formula is C18H14N2OS. The lowest BCUT2D eigenvalue weighted by atomic mass is 9.78. The van der Waals surface area contributed by atoms with Crippen molar-refractivity contribution in [2.45, 2.75) is 12.0 Å². The summed E-state index contributed by atoms with van der Waals surface area (Å²) in [4.78, 5) is 18.9. The van der Waals surface area contributed by atoms with Crippen molar-refractivity contribution >= 4 is 22.4 Å². The van der Waals surface area contributed by atoms with Gasteiger partial charge in [-0.15, -0.1) is 11.3 Å². The van der Waals surface area contributed by atoms with Crippen molar-refractivity contribution in [2.75, 3.05) is 4.90 Å². The van der Waals surface area contributed by atoms with E-state index in [1.807, 2.05) is 58.8 Å². The third kappa shape index (κ3) is 2.04. The van der Waals surface area contributed by atoms with E-state index in [-0.39, 0.29) is 17.9 Å². The first-order chi connectivity index (χ1) is 10.9. The number of thiazole rings is 1.